The quantitative estimate of drug-likeness (QED) is 0.787. The minimum atomic E-state index is -0.464. The fraction of sp³-hybridized carbons (Fsp3) is 0.0769. The van der Waals surface area contributed by atoms with Crippen molar-refractivity contribution in [2.75, 3.05) is 11.1 Å². The molecule has 0 atom stereocenters. The summed E-state index contributed by atoms with van der Waals surface area (Å²) in [7, 11) is 0. The maximum atomic E-state index is 13.7. The van der Waals surface area contributed by atoms with E-state index in [-0.39, 0.29) is 5.02 Å². The smallest absolute Gasteiger partial charge is 0.165 e. The van der Waals surface area contributed by atoms with Gasteiger partial charge in [0.15, 0.2) is 5.82 Å². The predicted molar refractivity (Wildman–Crippen MR) is 70.3 cm³/mol. The number of anilines is 3. The maximum absolute atomic E-state index is 13.7. The average molecular weight is 251 g/mol. The van der Waals surface area contributed by atoms with E-state index in [9.17, 15) is 4.39 Å². The third kappa shape index (κ3) is 2.68. The number of nitrogens with two attached hydrogens (primary N) is 1. The van der Waals surface area contributed by atoms with E-state index in [1.165, 1.54) is 6.07 Å². The summed E-state index contributed by atoms with van der Waals surface area (Å²) in [6.45, 7) is 1.93. The standard InChI is InChI=1S/C13H12ClFN2/c1-8-5-9(16)7-10(6-8)17-12-4-2-3-11(14)13(12)15/h2-7,17H,16H2,1H3. The lowest BCUT2D eigenvalue weighted by Gasteiger charge is -2.10. The molecule has 0 saturated carbocycles. The van der Waals surface area contributed by atoms with Gasteiger partial charge < -0.3 is 11.1 Å². The molecule has 0 fully saturated rings. The highest BCUT2D eigenvalue weighted by Gasteiger charge is 2.06. The molecule has 0 aliphatic heterocycles. The number of benzene rings is 2. The zero-order valence-corrected chi connectivity index (χ0v) is 10.1. The highest BCUT2D eigenvalue weighted by Crippen LogP contribution is 2.26. The van der Waals surface area contributed by atoms with Crippen molar-refractivity contribution >= 4 is 28.7 Å². The third-order valence-electron chi connectivity index (χ3n) is 2.33. The molecule has 2 rings (SSSR count). The van der Waals surface area contributed by atoms with Gasteiger partial charge in [-0.2, -0.15) is 0 Å². The summed E-state index contributed by atoms with van der Waals surface area (Å²) in [6.07, 6.45) is 0. The van der Waals surface area contributed by atoms with Crippen LogP contribution in [0.25, 0.3) is 0 Å². The summed E-state index contributed by atoms with van der Waals surface area (Å²) in [5.41, 5.74) is 8.44. The number of nitrogens with one attached hydrogen (secondary N) is 1. The zero-order valence-electron chi connectivity index (χ0n) is 9.30. The van der Waals surface area contributed by atoms with Gasteiger partial charge in [0, 0.05) is 11.4 Å². The summed E-state index contributed by atoms with van der Waals surface area (Å²) in [6, 6.07) is 10.3. The molecule has 0 amide bonds. The monoisotopic (exact) mass is 250 g/mol. The number of halogens is 2. The van der Waals surface area contributed by atoms with E-state index >= 15 is 0 Å². The Bertz CT molecular complexity index is 535. The molecule has 2 aromatic rings. The number of nitrogen functional groups attached to an aromatic ring is 1. The second-order valence-corrected chi connectivity index (χ2v) is 4.27. The van der Waals surface area contributed by atoms with Crippen LogP contribution in [0, 0.1) is 12.7 Å². The first-order valence-corrected chi connectivity index (χ1v) is 5.52. The van der Waals surface area contributed by atoms with Gasteiger partial charge in [0.05, 0.1) is 10.7 Å². The van der Waals surface area contributed by atoms with Gasteiger partial charge in [-0.1, -0.05) is 17.7 Å². The highest BCUT2D eigenvalue weighted by molar-refractivity contribution is 6.31. The molecule has 0 aliphatic carbocycles. The highest BCUT2D eigenvalue weighted by atomic mass is 35.5. The largest absolute Gasteiger partial charge is 0.399 e. The Morgan fingerprint density at radius 3 is 2.71 bits per heavy atom. The van der Waals surface area contributed by atoms with E-state index in [0.29, 0.717) is 11.4 Å². The van der Waals surface area contributed by atoms with Crippen LogP contribution >= 0.6 is 11.6 Å². The van der Waals surface area contributed by atoms with Crippen LogP contribution in [0.4, 0.5) is 21.5 Å². The van der Waals surface area contributed by atoms with Gasteiger partial charge in [-0.25, -0.2) is 4.39 Å². The second-order valence-electron chi connectivity index (χ2n) is 3.86. The van der Waals surface area contributed by atoms with E-state index in [1.54, 1.807) is 18.2 Å². The van der Waals surface area contributed by atoms with Crippen molar-refractivity contribution in [1.29, 1.82) is 0 Å². The topological polar surface area (TPSA) is 38.0 Å². The van der Waals surface area contributed by atoms with Crippen molar-refractivity contribution in [2.45, 2.75) is 6.92 Å². The molecular weight excluding hydrogens is 239 g/mol. The molecule has 4 heteroatoms. The van der Waals surface area contributed by atoms with Gasteiger partial charge in [-0.3, -0.25) is 0 Å². The van der Waals surface area contributed by atoms with Gasteiger partial charge in [-0.15, -0.1) is 0 Å². The number of hydrogen-bond acceptors (Lipinski definition) is 2. The summed E-state index contributed by atoms with van der Waals surface area (Å²) in [5, 5.41) is 3.05. The number of hydrogen-bond donors (Lipinski definition) is 2. The van der Waals surface area contributed by atoms with Crippen molar-refractivity contribution in [1.82, 2.24) is 0 Å². The Balaban J connectivity index is 2.34. The lowest BCUT2D eigenvalue weighted by Crippen LogP contribution is -1.96. The Hall–Kier alpha value is -1.74. The molecule has 0 heterocycles. The first kappa shape index (κ1) is 11.7. The van der Waals surface area contributed by atoms with E-state index in [1.807, 2.05) is 19.1 Å². The molecule has 3 N–H and O–H groups in total. The molecular formula is C13H12ClFN2. The van der Waals surface area contributed by atoms with Gasteiger partial charge in [0.2, 0.25) is 0 Å². The van der Waals surface area contributed by atoms with E-state index in [2.05, 4.69) is 5.32 Å². The van der Waals surface area contributed by atoms with Crippen LogP contribution in [-0.2, 0) is 0 Å². The molecule has 17 heavy (non-hydrogen) atoms. The van der Waals surface area contributed by atoms with Crippen molar-refractivity contribution in [3.63, 3.8) is 0 Å². The lowest BCUT2D eigenvalue weighted by molar-refractivity contribution is 0.632. The second kappa shape index (κ2) is 4.63. The van der Waals surface area contributed by atoms with E-state index in [0.717, 1.165) is 11.3 Å². The number of rotatable bonds is 2. The van der Waals surface area contributed by atoms with Crippen LogP contribution in [0.5, 0.6) is 0 Å². The molecule has 0 radical (unpaired) electrons. The van der Waals surface area contributed by atoms with Crippen molar-refractivity contribution < 1.29 is 4.39 Å². The molecule has 0 unspecified atom stereocenters. The van der Waals surface area contributed by atoms with Gasteiger partial charge >= 0.3 is 0 Å². The third-order valence-corrected chi connectivity index (χ3v) is 2.62. The predicted octanol–water partition coefficient (Wildman–Crippen LogP) is 4.11. The number of aryl methyl sites for hydroxylation is 1. The zero-order chi connectivity index (χ0) is 12.4. The van der Waals surface area contributed by atoms with Crippen LogP contribution in [0.1, 0.15) is 5.56 Å². The molecule has 88 valence electrons. The minimum absolute atomic E-state index is 0.0932. The molecule has 0 spiro atoms. The summed E-state index contributed by atoms with van der Waals surface area (Å²) in [5.74, 6) is -0.464. The van der Waals surface area contributed by atoms with Crippen LogP contribution in [0.3, 0.4) is 0 Å². The fourth-order valence-electron chi connectivity index (χ4n) is 1.64. The first-order chi connectivity index (χ1) is 8.06. The summed E-state index contributed by atoms with van der Waals surface area (Å²) < 4.78 is 13.7. The fourth-order valence-corrected chi connectivity index (χ4v) is 1.82. The molecule has 2 aromatic carbocycles. The molecule has 0 aromatic heterocycles. The van der Waals surface area contributed by atoms with Gasteiger partial charge in [-0.05, 0) is 42.8 Å². The van der Waals surface area contributed by atoms with Crippen LogP contribution in [-0.4, -0.2) is 0 Å². The molecule has 0 aliphatic rings. The Morgan fingerprint density at radius 2 is 2.00 bits per heavy atom. The van der Waals surface area contributed by atoms with Crippen molar-refractivity contribution in [2.24, 2.45) is 0 Å². The Kier molecular flexibility index (Phi) is 3.20. The minimum Gasteiger partial charge on any atom is -0.399 e. The maximum Gasteiger partial charge on any atom is 0.165 e. The van der Waals surface area contributed by atoms with Crippen molar-refractivity contribution in [3.05, 3.63) is 52.8 Å². The van der Waals surface area contributed by atoms with Gasteiger partial charge in [0.25, 0.3) is 0 Å². The van der Waals surface area contributed by atoms with E-state index in [4.69, 9.17) is 17.3 Å². The average Bonchev–Trinajstić information content (AvgIpc) is 2.23. The van der Waals surface area contributed by atoms with Crippen LogP contribution in [0.15, 0.2) is 36.4 Å². The first-order valence-electron chi connectivity index (χ1n) is 5.14. The SMILES string of the molecule is Cc1cc(N)cc(Nc2cccc(Cl)c2F)c1. The lowest BCUT2D eigenvalue weighted by atomic mass is 10.2. The van der Waals surface area contributed by atoms with E-state index < -0.39 is 5.82 Å². The Labute approximate surface area is 104 Å². The van der Waals surface area contributed by atoms with Crippen molar-refractivity contribution in [3.8, 4) is 0 Å². The molecule has 0 bridgehead atoms. The summed E-state index contributed by atoms with van der Waals surface area (Å²) >= 11 is 5.70. The van der Waals surface area contributed by atoms with Crippen LogP contribution in [0.2, 0.25) is 5.02 Å². The Morgan fingerprint density at radius 1 is 1.24 bits per heavy atom. The normalized spacial score (nSPS) is 10.3. The summed E-state index contributed by atoms with van der Waals surface area (Å²) in [4.78, 5) is 0. The molecule has 2 nitrogen and oxygen atoms in total. The van der Waals surface area contributed by atoms with Gasteiger partial charge in [0.1, 0.15) is 0 Å². The molecule has 0 saturated heterocycles. The van der Waals surface area contributed by atoms with Crippen LogP contribution < -0.4 is 11.1 Å².